The fraction of sp³-hybridized carbons (Fsp3) is 0.579. The van der Waals surface area contributed by atoms with Gasteiger partial charge in [-0.3, -0.25) is 14.5 Å². The molecule has 0 aliphatic carbocycles. The first-order valence-electron chi connectivity index (χ1n) is 9.23. The summed E-state index contributed by atoms with van der Waals surface area (Å²) in [5.74, 6) is -0.729. The lowest BCUT2D eigenvalue weighted by atomic mass is 9.98. The van der Waals surface area contributed by atoms with E-state index in [2.05, 4.69) is 10.2 Å². The van der Waals surface area contributed by atoms with Crippen molar-refractivity contribution in [3.05, 3.63) is 35.6 Å². The van der Waals surface area contributed by atoms with Crippen molar-refractivity contribution in [2.75, 3.05) is 39.3 Å². The van der Waals surface area contributed by atoms with Crippen LogP contribution >= 0.6 is 12.4 Å². The number of nitrogens with zero attached hydrogens (tertiary/aromatic N) is 2. The van der Waals surface area contributed by atoms with E-state index in [1.54, 1.807) is 12.1 Å². The number of halogens is 2. The largest absolute Gasteiger partial charge is 0.351 e. The van der Waals surface area contributed by atoms with Crippen molar-refractivity contribution in [2.24, 2.45) is 11.7 Å². The lowest BCUT2D eigenvalue weighted by Gasteiger charge is -2.36. The molecule has 1 aromatic rings. The van der Waals surface area contributed by atoms with E-state index in [0.717, 1.165) is 19.5 Å². The lowest BCUT2D eigenvalue weighted by Crippen LogP contribution is -2.55. The number of carbonyl (C=O) groups excluding carboxylic acids is 2. The second-order valence-electron chi connectivity index (χ2n) is 6.81. The molecule has 0 radical (unpaired) electrons. The van der Waals surface area contributed by atoms with Gasteiger partial charge in [-0.15, -0.1) is 12.4 Å². The Morgan fingerprint density at radius 3 is 2.44 bits per heavy atom. The van der Waals surface area contributed by atoms with E-state index < -0.39 is 17.8 Å². The van der Waals surface area contributed by atoms with Gasteiger partial charge in [-0.25, -0.2) is 4.39 Å². The molecule has 2 unspecified atom stereocenters. The molecular formula is C19H30ClFN4O2. The summed E-state index contributed by atoms with van der Waals surface area (Å²) in [4.78, 5) is 28.4. The molecule has 0 saturated carbocycles. The zero-order valence-corrected chi connectivity index (χ0v) is 16.8. The van der Waals surface area contributed by atoms with Crippen LogP contribution < -0.4 is 11.1 Å². The van der Waals surface area contributed by atoms with Crippen LogP contribution in [-0.4, -0.2) is 66.9 Å². The van der Waals surface area contributed by atoms with Gasteiger partial charge in [-0.05, 0) is 18.1 Å². The molecule has 1 heterocycles. The third kappa shape index (κ3) is 6.45. The van der Waals surface area contributed by atoms with Gasteiger partial charge in [0.05, 0.1) is 11.6 Å². The van der Waals surface area contributed by atoms with Crippen molar-refractivity contribution >= 4 is 24.2 Å². The van der Waals surface area contributed by atoms with Gasteiger partial charge in [0.2, 0.25) is 5.91 Å². The molecule has 2 rings (SSSR count). The molecule has 1 aliphatic rings. The lowest BCUT2D eigenvalue weighted by molar-refractivity contribution is -0.135. The zero-order chi connectivity index (χ0) is 19.1. The first-order chi connectivity index (χ1) is 12.4. The quantitative estimate of drug-likeness (QED) is 0.727. The predicted molar refractivity (Wildman–Crippen MR) is 106 cm³/mol. The van der Waals surface area contributed by atoms with Crippen LogP contribution in [0.15, 0.2) is 24.3 Å². The molecule has 0 aromatic heterocycles. The van der Waals surface area contributed by atoms with Gasteiger partial charge in [0, 0.05) is 39.3 Å². The van der Waals surface area contributed by atoms with Crippen LogP contribution in [0, 0.1) is 11.7 Å². The van der Waals surface area contributed by atoms with Crippen LogP contribution in [0.3, 0.4) is 0 Å². The number of benzene rings is 1. The normalized spacial score (nSPS) is 17.0. The summed E-state index contributed by atoms with van der Waals surface area (Å²) in [6, 6.07) is 5.50. The van der Waals surface area contributed by atoms with Crippen LogP contribution in [-0.2, 0) is 4.79 Å². The molecule has 6 nitrogen and oxygen atoms in total. The Hall–Kier alpha value is -1.70. The van der Waals surface area contributed by atoms with E-state index in [0.29, 0.717) is 26.2 Å². The standard InChI is InChI=1S/C19H29FN4O2.ClH/c1-3-14(2)17(21)19(26)24-12-10-23(11-13-24)9-8-22-18(25)15-6-4-5-7-16(15)20;/h4-7,14,17H,3,8-13,21H2,1-2H3,(H,22,25);1H. The summed E-state index contributed by atoms with van der Waals surface area (Å²) in [6.45, 7) is 7.91. The Balaban J connectivity index is 0.00000364. The molecule has 152 valence electrons. The molecule has 1 saturated heterocycles. The summed E-state index contributed by atoms with van der Waals surface area (Å²) in [5, 5.41) is 2.74. The highest BCUT2D eigenvalue weighted by molar-refractivity contribution is 5.94. The van der Waals surface area contributed by atoms with Crippen LogP contribution in [0.2, 0.25) is 0 Å². The molecule has 1 aromatic carbocycles. The van der Waals surface area contributed by atoms with Crippen molar-refractivity contribution < 1.29 is 14.0 Å². The molecular weight excluding hydrogens is 371 g/mol. The smallest absolute Gasteiger partial charge is 0.254 e. The fourth-order valence-electron chi connectivity index (χ4n) is 2.97. The minimum Gasteiger partial charge on any atom is -0.351 e. The second kappa shape index (κ2) is 11.2. The van der Waals surface area contributed by atoms with Gasteiger partial charge >= 0.3 is 0 Å². The Kier molecular flexibility index (Phi) is 9.69. The molecule has 1 aliphatic heterocycles. The number of rotatable bonds is 7. The third-order valence-corrected chi connectivity index (χ3v) is 5.06. The van der Waals surface area contributed by atoms with E-state index >= 15 is 0 Å². The SMILES string of the molecule is CCC(C)C(N)C(=O)N1CCN(CCNC(=O)c2ccccc2F)CC1.Cl. The van der Waals surface area contributed by atoms with Crippen molar-refractivity contribution in [3.63, 3.8) is 0 Å². The van der Waals surface area contributed by atoms with Crippen LogP contribution in [0.25, 0.3) is 0 Å². The van der Waals surface area contributed by atoms with Crippen molar-refractivity contribution in [1.82, 2.24) is 15.1 Å². The number of hydrogen-bond donors (Lipinski definition) is 2. The monoisotopic (exact) mass is 400 g/mol. The van der Waals surface area contributed by atoms with E-state index in [9.17, 15) is 14.0 Å². The predicted octanol–water partition coefficient (Wildman–Crippen LogP) is 1.49. The Morgan fingerprint density at radius 2 is 1.85 bits per heavy atom. The summed E-state index contributed by atoms with van der Waals surface area (Å²) >= 11 is 0. The van der Waals surface area contributed by atoms with Gasteiger partial charge in [0.15, 0.2) is 0 Å². The summed E-state index contributed by atoms with van der Waals surface area (Å²) in [6.07, 6.45) is 0.884. The van der Waals surface area contributed by atoms with Gasteiger partial charge in [-0.1, -0.05) is 32.4 Å². The number of piperazine rings is 1. The average Bonchev–Trinajstić information content (AvgIpc) is 2.67. The Labute approximate surface area is 166 Å². The number of nitrogens with one attached hydrogen (secondary N) is 1. The number of carbonyl (C=O) groups is 2. The topological polar surface area (TPSA) is 78.7 Å². The molecule has 8 heteroatoms. The highest BCUT2D eigenvalue weighted by Gasteiger charge is 2.27. The van der Waals surface area contributed by atoms with Gasteiger partial charge in [0.1, 0.15) is 5.82 Å². The minimum atomic E-state index is -0.519. The molecule has 1 fully saturated rings. The Bertz CT molecular complexity index is 623. The first-order valence-corrected chi connectivity index (χ1v) is 9.23. The van der Waals surface area contributed by atoms with Crippen molar-refractivity contribution in [1.29, 1.82) is 0 Å². The molecule has 0 spiro atoms. The second-order valence-corrected chi connectivity index (χ2v) is 6.81. The van der Waals surface area contributed by atoms with Crippen LogP contribution in [0.5, 0.6) is 0 Å². The van der Waals surface area contributed by atoms with Crippen LogP contribution in [0.1, 0.15) is 30.6 Å². The summed E-state index contributed by atoms with van der Waals surface area (Å²) in [5.41, 5.74) is 6.09. The maximum Gasteiger partial charge on any atom is 0.254 e. The highest BCUT2D eigenvalue weighted by Crippen LogP contribution is 2.11. The molecule has 2 atom stereocenters. The van der Waals surface area contributed by atoms with E-state index in [-0.39, 0.29) is 29.8 Å². The van der Waals surface area contributed by atoms with Crippen molar-refractivity contribution in [2.45, 2.75) is 26.3 Å². The van der Waals surface area contributed by atoms with Gasteiger partial charge in [0.25, 0.3) is 5.91 Å². The number of nitrogens with two attached hydrogens (primary N) is 1. The molecule has 3 N–H and O–H groups in total. The number of amides is 2. The maximum absolute atomic E-state index is 13.6. The first kappa shape index (κ1) is 23.3. The average molecular weight is 401 g/mol. The fourth-order valence-corrected chi connectivity index (χ4v) is 2.97. The van der Waals surface area contributed by atoms with E-state index in [1.165, 1.54) is 12.1 Å². The highest BCUT2D eigenvalue weighted by atomic mass is 35.5. The van der Waals surface area contributed by atoms with E-state index in [4.69, 9.17) is 5.73 Å². The molecule has 2 amide bonds. The van der Waals surface area contributed by atoms with Gasteiger partial charge < -0.3 is 16.0 Å². The minimum absolute atomic E-state index is 0. The van der Waals surface area contributed by atoms with Crippen LogP contribution in [0.4, 0.5) is 4.39 Å². The van der Waals surface area contributed by atoms with Gasteiger partial charge in [-0.2, -0.15) is 0 Å². The summed E-state index contributed by atoms with van der Waals surface area (Å²) in [7, 11) is 0. The van der Waals surface area contributed by atoms with E-state index in [1.807, 2.05) is 18.7 Å². The molecule has 0 bridgehead atoms. The number of hydrogen-bond acceptors (Lipinski definition) is 4. The maximum atomic E-state index is 13.6. The third-order valence-electron chi connectivity index (χ3n) is 5.06. The zero-order valence-electron chi connectivity index (χ0n) is 16.0. The Morgan fingerprint density at radius 1 is 1.22 bits per heavy atom. The van der Waals surface area contributed by atoms with Crippen molar-refractivity contribution in [3.8, 4) is 0 Å². The summed E-state index contributed by atoms with van der Waals surface area (Å²) < 4.78 is 13.6. The molecule has 27 heavy (non-hydrogen) atoms.